The van der Waals surface area contributed by atoms with E-state index in [9.17, 15) is 19.8 Å². The summed E-state index contributed by atoms with van der Waals surface area (Å²) in [5.74, 6) is -1.09. The number of carbonyl (C=O) groups excluding carboxylic acids is 2. The van der Waals surface area contributed by atoms with Crippen molar-refractivity contribution in [3.63, 3.8) is 0 Å². The third-order valence-corrected chi connectivity index (χ3v) is 5.82. The first-order chi connectivity index (χ1) is 15.5. The van der Waals surface area contributed by atoms with Gasteiger partial charge in [0.15, 0.2) is 11.5 Å². The summed E-state index contributed by atoms with van der Waals surface area (Å²) in [6, 6.07) is 17.6. The lowest BCUT2D eigenvalue weighted by atomic mass is 9.69. The third kappa shape index (κ3) is 3.52. The third-order valence-electron chi connectivity index (χ3n) is 5.82. The van der Waals surface area contributed by atoms with Crippen molar-refractivity contribution >= 4 is 17.7 Å². The number of imide groups is 1. The van der Waals surface area contributed by atoms with Crippen molar-refractivity contribution in [2.45, 2.75) is 45.6 Å². The van der Waals surface area contributed by atoms with Crippen LogP contribution in [0.1, 0.15) is 48.6 Å². The standard InChI is InChI=1S/C27H27NO5/c1-16-11-12-21-20(13-16)27(18-9-7-6-8-10-18,19-14-17(2)23(30)22(29)15-19)24(31)28(21)25(32)33-26(3,4)5/h6-15,29-30H,1-5H3/t27-/m0/s1. The highest BCUT2D eigenvalue weighted by atomic mass is 16.6. The molecule has 0 radical (unpaired) electrons. The molecule has 3 aromatic rings. The smallest absolute Gasteiger partial charge is 0.421 e. The van der Waals surface area contributed by atoms with E-state index in [1.54, 1.807) is 39.8 Å². The largest absolute Gasteiger partial charge is 0.504 e. The Morgan fingerprint density at radius 1 is 0.939 bits per heavy atom. The van der Waals surface area contributed by atoms with Gasteiger partial charge in [0.05, 0.1) is 5.69 Å². The number of amides is 2. The molecule has 2 N–H and O–H groups in total. The lowest BCUT2D eigenvalue weighted by Crippen LogP contribution is -2.46. The second-order valence-electron chi connectivity index (χ2n) is 9.42. The second kappa shape index (κ2) is 7.66. The summed E-state index contributed by atoms with van der Waals surface area (Å²) < 4.78 is 5.59. The van der Waals surface area contributed by atoms with E-state index < -0.39 is 23.0 Å². The van der Waals surface area contributed by atoms with E-state index in [0.29, 0.717) is 27.9 Å². The SMILES string of the molecule is Cc1ccc2c(c1)[C@](c1ccccc1)(c1cc(C)c(O)c(O)c1)C(=O)N2C(=O)OC(C)(C)C. The van der Waals surface area contributed by atoms with Gasteiger partial charge in [0.25, 0.3) is 5.91 Å². The fourth-order valence-electron chi connectivity index (χ4n) is 4.42. The van der Waals surface area contributed by atoms with Gasteiger partial charge in [0, 0.05) is 5.56 Å². The van der Waals surface area contributed by atoms with Crippen LogP contribution < -0.4 is 4.90 Å². The summed E-state index contributed by atoms with van der Waals surface area (Å²) in [7, 11) is 0. The minimum atomic E-state index is -1.42. The number of aryl methyl sites for hydroxylation is 2. The predicted molar refractivity (Wildman–Crippen MR) is 126 cm³/mol. The molecule has 0 aromatic heterocycles. The van der Waals surface area contributed by atoms with E-state index in [0.717, 1.165) is 10.5 Å². The van der Waals surface area contributed by atoms with Crippen LogP contribution in [0.4, 0.5) is 10.5 Å². The number of phenolic OH excluding ortho intramolecular Hbond substituents is 2. The van der Waals surface area contributed by atoms with Crippen LogP contribution in [-0.2, 0) is 14.9 Å². The monoisotopic (exact) mass is 445 g/mol. The first-order valence-electron chi connectivity index (χ1n) is 10.7. The molecule has 3 aromatic carbocycles. The highest BCUT2D eigenvalue weighted by Crippen LogP contribution is 2.52. The molecule has 0 spiro atoms. The minimum absolute atomic E-state index is 0.249. The van der Waals surface area contributed by atoms with E-state index in [4.69, 9.17) is 4.74 Å². The average molecular weight is 446 g/mol. The summed E-state index contributed by atoms with van der Waals surface area (Å²) >= 11 is 0. The molecular formula is C27H27NO5. The van der Waals surface area contributed by atoms with Gasteiger partial charge in [-0.05, 0) is 63.4 Å². The average Bonchev–Trinajstić information content (AvgIpc) is 2.99. The molecule has 0 bridgehead atoms. The van der Waals surface area contributed by atoms with Gasteiger partial charge in [-0.15, -0.1) is 0 Å². The quantitative estimate of drug-likeness (QED) is 0.521. The molecule has 1 heterocycles. The molecule has 170 valence electrons. The Kier molecular flexibility index (Phi) is 5.20. The number of carbonyl (C=O) groups is 2. The van der Waals surface area contributed by atoms with Crippen molar-refractivity contribution in [2.75, 3.05) is 4.90 Å². The lowest BCUT2D eigenvalue weighted by molar-refractivity contribution is -0.120. The number of ether oxygens (including phenoxy) is 1. The number of aromatic hydroxyl groups is 2. The van der Waals surface area contributed by atoms with Crippen molar-refractivity contribution < 1.29 is 24.5 Å². The Morgan fingerprint density at radius 3 is 2.21 bits per heavy atom. The first kappa shape index (κ1) is 22.4. The second-order valence-corrected chi connectivity index (χ2v) is 9.42. The van der Waals surface area contributed by atoms with Crippen molar-refractivity contribution in [3.8, 4) is 11.5 Å². The maximum absolute atomic E-state index is 14.3. The first-order valence-corrected chi connectivity index (χ1v) is 10.7. The number of fused-ring (bicyclic) bond motifs is 1. The highest BCUT2D eigenvalue weighted by Gasteiger charge is 2.56. The molecule has 1 atom stereocenters. The molecule has 1 aliphatic rings. The number of benzene rings is 3. The molecular weight excluding hydrogens is 418 g/mol. The Labute approximate surface area is 193 Å². The topological polar surface area (TPSA) is 87.1 Å². The summed E-state index contributed by atoms with van der Waals surface area (Å²) in [6.07, 6.45) is -0.768. The van der Waals surface area contributed by atoms with Gasteiger partial charge in [-0.2, -0.15) is 0 Å². The van der Waals surface area contributed by atoms with Gasteiger partial charge in [-0.25, -0.2) is 9.69 Å². The number of anilines is 1. The zero-order valence-electron chi connectivity index (χ0n) is 19.3. The number of phenols is 2. The fourth-order valence-corrected chi connectivity index (χ4v) is 4.42. The van der Waals surface area contributed by atoms with Crippen LogP contribution in [0, 0.1) is 13.8 Å². The van der Waals surface area contributed by atoms with Gasteiger partial charge >= 0.3 is 6.09 Å². The van der Waals surface area contributed by atoms with Crippen LogP contribution in [0.25, 0.3) is 0 Å². The molecule has 1 aliphatic heterocycles. The molecule has 4 rings (SSSR count). The molecule has 0 saturated heterocycles. The predicted octanol–water partition coefficient (Wildman–Crippen LogP) is 5.33. The zero-order valence-corrected chi connectivity index (χ0v) is 19.3. The van der Waals surface area contributed by atoms with Gasteiger partial charge in [-0.1, -0.05) is 54.1 Å². The van der Waals surface area contributed by atoms with Gasteiger partial charge in [-0.3, -0.25) is 4.79 Å². The van der Waals surface area contributed by atoms with Gasteiger partial charge in [0.2, 0.25) is 0 Å². The Morgan fingerprint density at radius 2 is 1.61 bits per heavy atom. The molecule has 6 nitrogen and oxygen atoms in total. The van der Waals surface area contributed by atoms with Crippen LogP contribution >= 0.6 is 0 Å². The van der Waals surface area contributed by atoms with E-state index in [-0.39, 0.29) is 11.5 Å². The van der Waals surface area contributed by atoms with Crippen molar-refractivity contribution in [2.24, 2.45) is 0 Å². The summed E-state index contributed by atoms with van der Waals surface area (Å²) in [5, 5.41) is 20.6. The summed E-state index contributed by atoms with van der Waals surface area (Å²) in [6.45, 7) is 8.80. The van der Waals surface area contributed by atoms with Crippen LogP contribution in [0.5, 0.6) is 11.5 Å². The molecule has 2 amide bonds. The zero-order chi connectivity index (χ0) is 24.1. The molecule has 0 fully saturated rings. The van der Waals surface area contributed by atoms with E-state index in [2.05, 4.69) is 0 Å². The Hall–Kier alpha value is -3.80. The molecule has 0 aliphatic carbocycles. The van der Waals surface area contributed by atoms with Gasteiger partial charge < -0.3 is 14.9 Å². The Bertz CT molecular complexity index is 1240. The maximum atomic E-state index is 14.3. The van der Waals surface area contributed by atoms with Crippen molar-refractivity contribution in [1.29, 1.82) is 0 Å². The van der Waals surface area contributed by atoms with Crippen LogP contribution in [-0.4, -0.2) is 27.8 Å². The molecule has 0 unspecified atom stereocenters. The number of rotatable bonds is 2. The number of nitrogens with zero attached hydrogens (tertiary/aromatic N) is 1. The van der Waals surface area contributed by atoms with Crippen LogP contribution in [0.15, 0.2) is 60.7 Å². The van der Waals surface area contributed by atoms with Crippen molar-refractivity contribution in [1.82, 2.24) is 0 Å². The normalized spacial score (nSPS) is 17.7. The summed E-state index contributed by atoms with van der Waals surface area (Å²) in [4.78, 5) is 28.6. The maximum Gasteiger partial charge on any atom is 0.421 e. The van der Waals surface area contributed by atoms with E-state index in [1.165, 1.54) is 6.07 Å². The van der Waals surface area contributed by atoms with Crippen LogP contribution in [0.2, 0.25) is 0 Å². The number of hydrogen-bond donors (Lipinski definition) is 2. The minimum Gasteiger partial charge on any atom is -0.504 e. The van der Waals surface area contributed by atoms with E-state index in [1.807, 2.05) is 49.4 Å². The Balaban J connectivity index is 2.09. The lowest BCUT2D eigenvalue weighted by Gasteiger charge is -2.31. The highest BCUT2D eigenvalue weighted by molar-refractivity contribution is 6.24. The molecule has 0 saturated carbocycles. The van der Waals surface area contributed by atoms with Crippen molar-refractivity contribution in [3.05, 3.63) is 88.5 Å². The van der Waals surface area contributed by atoms with E-state index >= 15 is 0 Å². The molecule has 33 heavy (non-hydrogen) atoms. The number of hydrogen-bond acceptors (Lipinski definition) is 5. The fraction of sp³-hybridized carbons (Fsp3) is 0.259. The summed E-state index contributed by atoms with van der Waals surface area (Å²) in [5.41, 5.74) is 1.22. The van der Waals surface area contributed by atoms with Gasteiger partial charge in [0.1, 0.15) is 11.0 Å². The molecule has 6 heteroatoms. The van der Waals surface area contributed by atoms with Crippen LogP contribution in [0.3, 0.4) is 0 Å².